The Morgan fingerprint density at radius 3 is 1.56 bits per heavy atom. The van der Waals surface area contributed by atoms with Crippen molar-refractivity contribution in [2.24, 2.45) is 0 Å². The lowest BCUT2D eigenvalue weighted by molar-refractivity contribution is -0.152. The van der Waals surface area contributed by atoms with Crippen molar-refractivity contribution in [1.82, 2.24) is 0 Å². The number of carbonyl (C=O) groups is 1. The van der Waals surface area contributed by atoms with Crippen LogP contribution in [0.4, 0.5) is 0 Å². The topological polar surface area (TPSA) is 44.8 Å². The third kappa shape index (κ3) is 18.4. The molecule has 0 aliphatic rings. The molecule has 4 nitrogen and oxygen atoms in total. The lowest BCUT2D eigenvalue weighted by atomic mass is 10.1. The third-order valence-corrected chi connectivity index (χ3v) is 17.5. The molecule has 0 amide bonds. The molecule has 0 heterocycles. The van der Waals surface area contributed by atoms with Crippen LogP contribution >= 0.6 is 0 Å². The van der Waals surface area contributed by atoms with E-state index in [1.807, 2.05) is 0 Å². The molecule has 0 N–H and O–H groups in total. The molecule has 0 aromatic carbocycles. The highest BCUT2D eigenvalue weighted by Crippen LogP contribution is 2.38. The number of esters is 1. The van der Waals surface area contributed by atoms with Gasteiger partial charge in [0.1, 0.15) is 6.10 Å². The summed E-state index contributed by atoms with van der Waals surface area (Å²) in [7, 11) is -3.88. The van der Waals surface area contributed by atoms with E-state index in [2.05, 4.69) is 99.0 Å². The van der Waals surface area contributed by atoms with Gasteiger partial charge in [-0.25, -0.2) is 0 Å². The molecule has 0 saturated carbocycles. The van der Waals surface area contributed by atoms with E-state index in [0.29, 0.717) is 19.6 Å². The zero-order chi connectivity index (χ0) is 30.0. The van der Waals surface area contributed by atoms with Gasteiger partial charge in [-0.2, -0.15) is 0 Å². The van der Waals surface area contributed by atoms with Crippen LogP contribution in [-0.2, 0) is 18.4 Å². The van der Waals surface area contributed by atoms with Crippen LogP contribution in [0.25, 0.3) is 0 Å². The molecular formula is C33H66O4Si2. The van der Waals surface area contributed by atoms with Crippen molar-refractivity contribution in [1.29, 1.82) is 0 Å². The van der Waals surface area contributed by atoms with E-state index in [9.17, 15) is 4.79 Å². The van der Waals surface area contributed by atoms with E-state index in [4.69, 9.17) is 13.6 Å². The first-order chi connectivity index (χ1) is 18.0. The highest BCUT2D eigenvalue weighted by atomic mass is 28.4. The van der Waals surface area contributed by atoms with Gasteiger partial charge in [0.2, 0.25) is 0 Å². The maximum Gasteiger partial charge on any atom is 0.306 e. The summed E-state index contributed by atoms with van der Waals surface area (Å²) in [4.78, 5) is 12.7. The Bertz CT molecular complexity index is 669. The smallest absolute Gasteiger partial charge is 0.306 e. The molecule has 0 unspecified atom stereocenters. The Kier molecular flexibility index (Phi) is 19.1. The SMILES string of the molecule is CCCCC/C=C\C/C=C\CCCCCCCC(=O)OC(CO[Si](C)(C)C(C)(C)C)CO[Si](C)(C)C(C)(C)C. The molecule has 0 atom stereocenters. The zero-order valence-corrected chi connectivity index (χ0v) is 29.9. The normalized spacial score (nSPS) is 13.7. The number of allylic oxidation sites excluding steroid dienone is 4. The molecule has 0 spiro atoms. The number of hydrogen-bond donors (Lipinski definition) is 0. The largest absolute Gasteiger partial charge is 0.458 e. The van der Waals surface area contributed by atoms with E-state index in [1.54, 1.807) is 0 Å². The number of unbranched alkanes of at least 4 members (excludes halogenated alkanes) is 8. The van der Waals surface area contributed by atoms with Crippen LogP contribution in [0.15, 0.2) is 24.3 Å². The van der Waals surface area contributed by atoms with Gasteiger partial charge < -0.3 is 13.6 Å². The second-order valence-corrected chi connectivity index (χ2v) is 23.9. The van der Waals surface area contributed by atoms with Gasteiger partial charge in [0.05, 0.1) is 13.2 Å². The van der Waals surface area contributed by atoms with Crippen LogP contribution < -0.4 is 0 Å². The first-order valence-electron chi connectivity index (χ1n) is 15.8. The first-order valence-corrected chi connectivity index (χ1v) is 21.6. The first kappa shape index (κ1) is 38.3. The highest BCUT2D eigenvalue weighted by molar-refractivity contribution is 6.74. The van der Waals surface area contributed by atoms with Gasteiger partial charge in [0.15, 0.2) is 16.6 Å². The standard InChI is InChI=1S/C33H66O4Si2/c1-12-13-14-15-16-17-18-19-20-21-22-23-24-25-26-27-31(34)37-30(28-35-38(8,9)32(2,3)4)29-36-39(10,11)33(5,6)7/h16-17,19-20,30H,12-15,18,21-29H2,1-11H3/b17-16-,20-19-. The van der Waals surface area contributed by atoms with Crippen molar-refractivity contribution in [3.05, 3.63) is 24.3 Å². The summed E-state index contributed by atoms with van der Waals surface area (Å²) in [5.41, 5.74) is 0. The molecule has 39 heavy (non-hydrogen) atoms. The minimum atomic E-state index is -1.94. The van der Waals surface area contributed by atoms with E-state index < -0.39 is 16.6 Å². The van der Waals surface area contributed by atoms with Gasteiger partial charge in [0.25, 0.3) is 0 Å². The van der Waals surface area contributed by atoms with Crippen molar-refractivity contribution in [2.45, 2.75) is 168 Å². The van der Waals surface area contributed by atoms with E-state index in [1.165, 1.54) is 44.9 Å². The fourth-order valence-corrected chi connectivity index (χ4v) is 5.55. The van der Waals surface area contributed by atoms with Crippen LogP contribution in [0.3, 0.4) is 0 Å². The van der Waals surface area contributed by atoms with Crippen LogP contribution in [-0.4, -0.2) is 41.9 Å². The molecule has 0 aromatic heterocycles. The second-order valence-electron chi connectivity index (χ2n) is 14.2. The monoisotopic (exact) mass is 582 g/mol. The fourth-order valence-electron chi connectivity index (χ4n) is 3.48. The van der Waals surface area contributed by atoms with Crippen LogP contribution in [0.1, 0.15) is 126 Å². The maximum atomic E-state index is 12.7. The average molecular weight is 583 g/mol. The van der Waals surface area contributed by atoms with Gasteiger partial charge in [-0.15, -0.1) is 0 Å². The molecule has 0 rings (SSSR count). The lowest BCUT2D eigenvalue weighted by Crippen LogP contribution is -2.46. The van der Waals surface area contributed by atoms with Gasteiger partial charge >= 0.3 is 5.97 Å². The summed E-state index contributed by atoms with van der Waals surface area (Å²) in [6.07, 6.45) is 22.2. The lowest BCUT2D eigenvalue weighted by Gasteiger charge is -2.39. The molecule has 0 saturated heterocycles. The Balaban J connectivity index is 4.40. The fraction of sp³-hybridized carbons (Fsp3) is 0.848. The molecule has 0 radical (unpaired) electrons. The Labute approximate surface area is 246 Å². The van der Waals surface area contributed by atoms with Crippen LogP contribution in [0, 0.1) is 0 Å². The van der Waals surface area contributed by atoms with E-state index in [-0.39, 0.29) is 22.1 Å². The van der Waals surface area contributed by atoms with Crippen LogP contribution in [0.5, 0.6) is 0 Å². The van der Waals surface area contributed by atoms with Crippen molar-refractivity contribution in [3.8, 4) is 0 Å². The zero-order valence-electron chi connectivity index (χ0n) is 27.9. The molecular weight excluding hydrogens is 517 g/mol. The average Bonchev–Trinajstić information content (AvgIpc) is 2.81. The summed E-state index contributed by atoms with van der Waals surface area (Å²) in [5.74, 6) is -0.122. The van der Waals surface area contributed by atoms with Gasteiger partial charge in [-0.1, -0.05) is 105 Å². The van der Waals surface area contributed by atoms with E-state index >= 15 is 0 Å². The predicted octanol–water partition coefficient (Wildman–Crippen LogP) is 10.8. The molecule has 6 heteroatoms. The Morgan fingerprint density at radius 2 is 1.10 bits per heavy atom. The van der Waals surface area contributed by atoms with Gasteiger partial charge in [-0.3, -0.25) is 4.79 Å². The van der Waals surface area contributed by atoms with E-state index in [0.717, 1.165) is 25.7 Å². The quantitative estimate of drug-likeness (QED) is 0.0584. The third-order valence-electron chi connectivity index (χ3n) is 8.50. The number of ether oxygens (including phenoxy) is 1. The summed E-state index contributed by atoms with van der Waals surface area (Å²) in [6.45, 7) is 25.4. The predicted molar refractivity (Wildman–Crippen MR) is 176 cm³/mol. The molecule has 0 aliphatic carbocycles. The summed E-state index contributed by atoms with van der Waals surface area (Å²) < 4.78 is 18.8. The minimum Gasteiger partial charge on any atom is -0.458 e. The summed E-state index contributed by atoms with van der Waals surface area (Å²) in [6, 6.07) is 0. The van der Waals surface area contributed by atoms with Gasteiger partial charge in [0, 0.05) is 6.42 Å². The molecule has 0 aliphatic heterocycles. The number of hydrogen-bond acceptors (Lipinski definition) is 4. The summed E-state index contributed by atoms with van der Waals surface area (Å²) in [5, 5.41) is 0.227. The van der Waals surface area contributed by atoms with Crippen molar-refractivity contribution >= 4 is 22.6 Å². The molecule has 230 valence electrons. The number of carbonyl (C=O) groups excluding carboxylic acids is 1. The highest BCUT2D eigenvalue weighted by Gasteiger charge is 2.40. The molecule has 0 fully saturated rings. The maximum absolute atomic E-state index is 12.7. The minimum absolute atomic E-state index is 0.114. The second kappa shape index (κ2) is 19.4. The number of rotatable bonds is 21. The molecule has 0 aromatic rings. The Hall–Kier alpha value is -0.696. The summed E-state index contributed by atoms with van der Waals surface area (Å²) >= 11 is 0. The van der Waals surface area contributed by atoms with Crippen molar-refractivity contribution < 1.29 is 18.4 Å². The Morgan fingerprint density at radius 1 is 0.667 bits per heavy atom. The van der Waals surface area contributed by atoms with Crippen molar-refractivity contribution in [2.75, 3.05) is 13.2 Å². The van der Waals surface area contributed by atoms with Crippen LogP contribution in [0.2, 0.25) is 36.3 Å². The van der Waals surface area contributed by atoms with Crippen molar-refractivity contribution in [3.63, 3.8) is 0 Å². The van der Waals surface area contributed by atoms with Gasteiger partial charge in [-0.05, 0) is 74.8 Å². The molecule has 0 bridgehead atoms.